The van der Waals surface area contributed by atoms with Crippen LogP contribution < -0.4 is 5.32 Å². The van der Waals surface area contributed by atoms with Crippen LogP contribution in [-0.2, 0) is 0 Å². The van der Waals surface area contributed by atoms with E-state index in [1.165, 1.54) is 84.3 Å². The predicted molar refractivity (Wildman–Crippen MR) is 91.8 cm³/mol. The molecule has 1 saturated carbocycles. The molecule has 0 bridgehead atoms. The van der Waals surface area contributed by atoms with Gasteiger partial charge in [-0.25, -0.2) is 0 Å². The minimum atomic E-state index is 0.543. The number of hydrogen-bond acceptors (Lipinski definition) is 3. The van der Waals surface area contributed by atoms with Gasteiger partial charge in [0.1, 0.15) is 0 Å². The first-order valence-electron chi connectivity index (χ1n) is 9.21. The van der Waals surface area contributed by atoms with E-state index in [0.29, 0.717) is 5.41 Å². The minimum Gasteiger partial charge on any atom is -0.316 e. The Morgan fingerprint density at radius 2 is 1.57 bits per heavy atom. The molecule has 0 aromatic carbocycles. The van der Waals surface area contributed by atoms with Gasteiger partial charge in [0.25, 0.3) is 0 Å². The van der Waals surface area contributed by atoms with E-state index < -0.39 is 0 Å². The van der Waals surface area contributed by atoms with Gasteiger partial charge in [-0.15, -0.1) is 0 Å². The van der Waals surface area contributed by atoms with E-state index in [2.05, 4.69) is 36.0 Å². The van der Waals surface area contributed by atoms with Gasteiger partial charge in [-0.3, -0.25) is 0 Å². The van der Waals surface area contributed by atoms with Crippen molar-refractivity contribution in [1.29, 1.82) is 0 Å². The van der Waals surface area contributed by atoms with Gasteiger partial charge in [-0.2, -0.15) is 0 Å². The minimum absolute atomic E-state index is 0.543. The summed E-state index contributed by atoms with van der Waals surface area (Å²) in [6.45, 7) is 13.4. The summed E-state index contributed by atoms with van der Waals surface area (Å²) >= 11 is 0. The molecule has 0 aromatic heterocycles. The quantitative estimate of drug-likeness (QED) is 0.760. The second-order valence-corrected chi connectivity index (χ2v) is 8.02. The lowest BCUT2D eigenvalue weighted by atomic mass is 9.79. The van der Waals surface area contributed by atoms with Crippen molar-refractivity contribution in [3.05, 3.63) is 0 Å². The Morgan fingerprint density at radius 3 is 2.14 bits per heavy atom. The van der Waals surface area contributed by atoms with E-state index >= 15 is 0 Å². The third kappa shape index (κ3) is 5.88. The van der Waals surface area contributed by atoms with E-state index in [4.69, 9.17) is 0 Å². The van der Waals surface area contributed by atoms with Crippen LogP contribution in [0.4, 0.5) is 0 Å². The molecule has 1 aliphatic heterocycles. The number of hydrogen-bond donors (Lipinski definition) is 1. The molecule has 0 unspecified atom stereocenters. The largest absolute Gasteiger partial charge is 0.316 e. The van der Waals surface area contributed by atoms with Gasteiger partial charge < -0.3 is 15.1 Å². The normalized spacial score (nSPS) is 25.1. The molecule has 2 aliphatic rings. The molecule has 0 atom stereocenters. The Labute approximate surface area is 132 Å². The number of nitrogens with zero attached hydrogens (tertiary/aromatic N) is 2. The first kappa shape index (κ1) is 17.2. The van der Waals surface area contributed by atoms with Gasteiger partial charge >= 0.3 is 0 Å². The Balaban J connectivity index is 1.90. The highest BCUT2D eigenvalue weighted by Gasteiger charge is 2.33. The monoisotopic (exact) mass is 295 g/mol. The molecule has 2 fully saturated rings. The molecule has 1 saturated heterocycles. The predicted octanol–water partition coefficient (Wildman–Crippen LogP) is 2.82. The molecule has 0 amide bonds. The SMILES string of the molecule is CC(C)CNCC1(CN2CCN(C)CC2)CCCCCC1. The van der Waals surface area contributed by atoms with E-state index in [1.807, 2.05) is 0 Å². The van der Waals surface area contributed by atoms with Crippen LogP contribution in [0, 0.1) is 11.3 Å². The van der Waals surface area contributed by atoms with Crippen molar-refractivity contribution in [2.24, 2.45) is 11.3 Å². The molecule has 0 aromatic rings. The van der Waals surface area contributed by atoms with Crippen LogP contribution >= 0.6 is 0 Å². The van der Waals surface area contributed by atoms with Crippen LogP contribution in [0.1, 0.15) is 52.4 Å². The lowest BCUT2D eigenvalue weighted by molar-refractivity contribution is 0.0835. The van der Waals surface area contributed by atoms with Crippen LogP contribution in [0.15, 0.2) is 0 Å². The molecule has 1 heterocycles. The molecule has 21 heavy (non-hydrogen) atoms. The molecule has 0 spiro atoms. The lowest BCUT2D eigenvalue weighted by Gasteiger charge is -2.41. The first-order valence-corrected chi connectivity index (χ1v) is 9.21. The van der Waals surface area contributed by atoms with Crippen molar-refractivity contribution < 1.29 is 0 Å². The number of piperazine rings is 1. The Morgan fingerprint density at radius 1 is 0.952 bits per heavy atom. The van der Waals surface area contributed by atoms with Crippen molar-refractivity contribution in [2.45, 2.75) is 52.4 Å². The highest BCUT2D eigenvalue weighted by molar-refractivity contribution is 4.88. The van der Waals surface area contributed by atoms with Gasteiger partial charge in [0.05, 0.1) is 0 Å². The molecule has 0 radical (unpaired) electrons. The summed E-state index contributed by atoms with van der Waals surface area (Å²) in [6.07, 6.45) is 8.66. The third-order valence-corrected chi connectivity index (χ3v) is 5.37. The molecule has 1 N–H and O–H groups in total. The Bertz CT molecular complexity index is 274. The average molecular weight is 296 g/mol. The van der Waals surface area contributed by atoms with Gasteiger partial charge in [-0.05, 0) is 37.8 Å². The fourth-order valence-electron chi connectivity index (χ4n) is 3.98. The maximum Gasteiger partial charge on any atom is 0.0110 e. The summed E-state index contributed by atoms with van der Waals surface area (Å²) < 4.78 is 0. The second-order valence-electron chi connectivity index (χ2n) is 8.02. The van der Waals surface area contributed by atoms with E-state index in [-0.39, 0.29) is 0 Å². The molecule has 124 valence electrons. The van der Waals surface area contributed by atoms with Crippen LogP contribution in [-0.4, -0.2) is 62.7 Å². The smallest absolute Gasteiger partial charge is 0.0110 e. The molecular formula is C18H37N3. The fourth-order valence-corrected chi connectivity index (χ4v) is 3.98. The summed E-state index contributed by atoms with van der Waals surface area (Å²) in [7, 11) is 2.25. The van der Waals surface area contributed by atoms with Crippen molar-refractivity contribution in [3.63, 3.8) is 0 Å². The fraction of sp³-hybridized carbons (Fsp3) is 1.00. The lowest BCUT2D eigenvalue weighted by Crippen LogP contribution is -2.51. The van der Waals surface area contributed by atoms with Crippen molar-refractivity contribution in [2.75, 3.05) is 52.9 Å². The van der Waals surface area contributed by atoms with Gasteiger partial charge in [0.15, 0.2) is 0 Å². The molecule has 3 nitrogen and oxygen atoms in total. The molecule has 1 aliphatic carbocycles. The van der Waals surface area contributed by atoms with Gasteiger partial charge in [-0.1, -0.05) is 39.5 Å². The standard InChI is InChI=1S/C18H37N3/c1-17(2)14-19-15-18(8-6-4-5-7-9-18)16-21-12-10-20(3)11-13-21/h17,19H,4-16H2,1-3H3. The number of rotatable bonds is 6. The zero-order valence-corrected chi connectivity index (χ0v) is 14.7. The summed E-state index contributed by atoms with van der Waals surface area (Å²) in [6, 6.07) is 0. The van der Waals surface area contributed by atoms with Gasteiger partial charge in [0, 0.05) is 39.3 Å². The highest BCUT2D eigenvalue weighted by atomic mass is 15.2. The van der Waals surface area contributed by atoms with E-state index in [0.717, 1.165) is 5.92 Å². The topological polar surface area (TPSA) is 18.5 Å². The third-order valence-electron chi connectivity index (χ3n) is 5.37. The van der Waals surface area contributed by atoms with Crippen molar-refractivity contribution in [1.82, 2.24) is 15.1 Å². The summed E-state index contributed by atoms with van der Waals surface area (Å²) in [5, 5.41) is 3.78. The van der Waals surface area contributed by atoms with Crippen LogP contribution in [0.2, 0.25) is 0 Å². The van der Waals surface area contributed by atoms with Crippen LogP contribution in [0.25, 0.3) is 0 Å². The summed E-state index contributed by atoms with van der Waals surface area (Å²) in [4.78, 5) is 5.20. The Kier molecular flexibility index (Phi) is 6.97. The molecular weight excluding hydrogens is 258 g/mol. The van der Waals surface area contributed by atoms with E-state index in [9.17, 15) is 0 Å². The first-order chi connectivity index (χ1) is 10.1. The highest BCUT2D eigenvalue weighted by Crippen LogP contribution is 2.35. The van der Waals surface area contributed by atoms with Crippen molar-refractivity contribution in [3.8, 4) is 0 Å². The van der Waals surface area contributed by atoms with Crippen molar-refractivity contribution >= 4 is 0 Å². The Hall–Kier alpha value is -0.120. The maximum absolute atomic E-state index is 3.78. The zero-order chi connectivity index (χ0) is 15.1. The van der Waals surface area contributed by atoms with Gasteiger partial charge in [0.2, 0.25) is 0 Å². The number of likely N-dealkylation sites (N-methyl/N-ethyl adjacent to an activating group) is 1. The maximum atomic E-state index is 3.78. The zero-order valence-electron chi connectivity index (χ0n) is 14.7. The van der Waals surface area contributed by atoms with E-state index in [1.54, 1.807) is 0 Å². The second kappa shape index (κ2) is 8.50. The average Bonchev–Trinajstić information content (AvgIpc) is 2.67. The van der Waals surface area contributed by atoms with Crippen LogP contribution in [0.3, 0.4) is 0 Å². The van der Waals surface area contributed by atoms with Crippen LogP contribution in [0.5, 0.6) is 0 Å². The summed E-state index contributed by atoms with van der Waals surface area (Å²) in [5.74, 6) is 0.761. The molecule has 3 heteroatoms. The number of nitrogens with one attached hydrogen (secondary N) is 1. The molecule has 2 rings (SSSR count). The summed E-state index contributed by atoms with van der Waals surface area (Å²) in [5.41, 5.74) is 0.543.